The summed E-state index contributed by atoms with van der Waals surface area (Å²) >= 11 is 0. The molecule has 0 aliphatic carbocycles. The van der Waals surface area contributed by atoms with Gasteiger partial charge in [0.15, 0.2) is 5.82 Å². The average Bonchev–Trinajstić information content (AvgIpc) is 3.17. The molecule has 3 aromatic rings. The molecule has 0 saturated heterocycles. The van der Waals surface area contributed by atoms with Gasteiger partial charge in [0.05, 0.1) is 18.1 Å². The number of hydrogen-bond donors (Lipinski definition) is 2. The first-order chi connectivity index (χ1) is 15.8. The van der Waals surface area contributed by atoms with Crippen molar-refractivity contribution in [3.8, 4) is 5.75 Å². The van der Waals surface area contributed by atoms with E-state index in [1.807, 2.05) is 43.4 Å². The first kappa shape index (κ1) is 24.4. The van der Waals surface area contributed by atoms with Crippen LogP contribution in [0.5, 0.6) is 5.75 Å². The minimum Gasteiger partial charge on any atom is -0.497 e. The number of ketones is 1. The van der Waals surface area contributed by atoms with Gasteiger partial charge in [-0.3, -0.25) is 9.20 Å². The van der Waals surface area contributed by atoms with Crippen molar-refractivity contribution < 1.29 is 14.3 Å². The highest BCUT2D eigenvalue weighted by Gasteiger charge is 2.22. The van der Waals surface area contributed by atoms with E-state index in [2.05, 4.69) is 20.8 Å². The molecule has 2 aromatic heterocycles. The molecule has 0 unspecified atom stereocenters. The number of carbonyl (C=O) groups is 2. The molecule has 0 bridgehead atoms. The van der Waals surface area contributed by atoms with Crippen LogP contribution in [0, 0.1) is 18.8 Å². The number of hydrogen-bond acceptors (Lipinski definition) is 7. The molecule has 178 valence electrons. The number of Topliss-reactive ketones (excluding diaryl/α,β-unsaturated/α-hetero) is 1. The summed E-state index contributed by atoms with van der Waals surface area (Å²) in [5.74, 6) is 2.43. The van der Waals surface area contributed by atoms with Crippen LogP contribution in [0.3, 0.4) is 0 Å². The number of ether oxygens (including phenoxy) is 1. The number of anilines is 1. The highest BCUT2D eigenvalue weighted by Crippen LogP contribution is 2.25. The number of nitrogens with zero attached hydrogens (tertiary/aromatic N) is 4. The Morgan fingerprint density at radius 1 is 1.15 bits per heavy atom. The summed E-state index contributed by atoms with van der Waals surface area (Å²) in [4.78, 5) is 28.5. The fraction of sp³-hybridized carbons (Fsp3) is 0.542. The Balaban J connectivity index is 1.55. The standard InChI is InChI=1S/C24H34N6O3/c1-15(2)19(10-8-16(3)31)24(32)26-13-7-6-12-25-22-23-29-28-17(4)30(23)21-11-9-18(33-5)14-20(21)27-22/h9,11,14-15,19H,6-8,10,12-13H2,1-5H3,(H,25,27)(H,26,32)/t19-/m0/s1. The quantitative estimate of drug-likeness (QED) is 0.403. The van der Waals surface area contributed by atoms with E-state index >= 15 is 0 Å². The minimum atomic E-state index is -0.129. The van der Waals surface area contributed by atoms with Gasteiger partial charge < -0.3 is 20.2 Å². The van der Waals surface area contributed by atoms with E-state index in [0.29, 0.717) is 37.4 Å². The van der Waals surface area contributed by atoms with Crippen LogP contribution in [-0.4, -0.2) is 51.5 Å². The van der Waals surface area contributed by atoms with Gasteiger partial charge >= 0.3 is 0 Å². The molecule has 0 aliphatic heterocycles. The number of fused-ring (bicyclic) bond motifs is 3. The van der Waals surface area contributed by atoms with Gasteiger partial charge in [-0.1, -0.05) is 13.8 Å². The molecule has 0 radical (unpaired) electrons. The summed E-state index contributed by atoms with van der Waals surface area (Å²) in [6.45, 7) is 8.82. The third-order valence-corrected chi connectivity index (χ3v) is 5.84. The highest BCUT2D eigenvalue weighted by atomic mass is 16.5. The number of rotatable bonds is 12. The Kier molecular flexibility index (Phi) is 8.19. The zero-order valence-electron chi connectivity index (χ0n) is 20.1. The van der Waals surface area contributed by atoms with Gasteiger partial charge in [-0.25, -0.2) is 4.98 Å². The van der Waals surface area contributed by atoms with Crippen LogP contribution in [-0.2, 0) is 9.59 Å². The molecule has 9 nitrogen and oxygen atoms in total. The lowest BCUT2D eigenvalue weighted by atomic mass is 9.89. The second kappa shape index (κ2) is 11.1. The van der Waals surface area contributed by atoms with Crippen LogP contribution in [0.4, 0.5) is 5.82 Å². The predicted molar refractivity (Wildman–Crippen MR) is 129 cm³/mol. The average molecular weight is 455 g/mol. The van der Waals surface area contributed by atoms with Crippen LogP contribution in [0.15, 0.2) is 18.2 Å². The van der Waals surface area contributed by atoms with Crippen LogP contribution in [0.25, 0.3) is 16.7 Å². The van der Waals surface area contributed by atoms with Gasteiger partial charge in [0.25, 0.3) is 0 Å². The number of unbranched alkanes of at least 4 members (excludes halogenated alkanes) is 1. The fourth-order valence-corrected chi connectivity index (χ4v) is 3.93. The second-order valence-electron chi connectivity index (χ2n) is 8.74. The summed E-state index contributed by atoms with van der Waals surface area (Å²) in [5.41, 5.74) is 2.40. The normalized spacial score (nSPS) is 12.3. The molecule has 0 saturated carbocycles. The first-order valence-electron chi connectivity index (χ1n) is 11.5. The zero-order valence-corrected chi connectivity index (χ0v) is 20.1. The van der Waals surface area contributed by atoms with Gasteiger partial charge in [-0.15, -0.1) is 10.2 Å². The lowest BCUT2D eigenvalue weighted by Gasteiger charge is -2.19. The number of methoxy groups -OCH3 is 1. The van der Waals surface area contributed by atoms with Crippen LogP contribution in [0.1, 0.15) is 52.3 Å². The molecule has 0 spiro atoms. The summed E-state index contributed by atoms with van der Waals surface area (Å²) in [6.07, 6.45) is 2.74. The molecule has 33 heavy (non-hydrogen) atoms. The Hall–Kier alpha value is -3.23. The third kappa shape index (κ3) is 5.97. The first-order valence-corrected chi connectivity index (χ1v) is 11.5. The van der Waals surface area contributed by atoms with E-state index in [1.54, 1.807) is 14.0 Å². The van der Waals surface area contributed by atoms with E-state index in [9.17, 15) is 9.59 Å². The summed E-state index contributed by atoms with van der Waals surface area (Å²) in [6, 6.07) is 5.75. The Morgan fingerprint density at radius 3 is 2.61 bits per heavy atom. The van der Waals surface area contributed by atoms with E-state index in [-0.39, 0.29) is 23.5 Å². The molecule has 9 heteroatoms. The number of aromatic nitrogens is 4. The maximum absolute atomic E-state index is 12.5. The molecule has 0 aliphatic rings. The molecule has 1 aromatic carbocycles. The summed E-state index contributed by atoms with van der Waals surface area (Å²) in [7, 11) is 1.63. The van der Waals surface area contributed by atoms with Crippen molar-refractivity contribution in [2.24, 2.45) is 11.8 Å². The number of carbonyl (C=O) groups excluding carboxylic acids is 2. The van der Waals surface area contributed by atoms with E-state index < -0.39 is 0 Å². The third-order valence-electron chi connectivity index (χ3n) is 5.84. The van der Waals surface area contributed by atoms with Crippen molar-refractivity contribution in [1.82, 2.24) is 24.9 Å². The monoisotopic (exact) mass is 454 g/mol. The molecule has 3 rings (SSSR count). The number of aryl methyl sites for hydroxylation is 1. The number of nitrogens with one attached hydrogen (secondary N) is 2. The van der Waals surface area contributed by atoms with Crippen molar-refractivity contribution >= 4 is 34.2 Å². The predicted octanol–water partition coefficient (Wildman–Crippen LogP) is 3.54. The fourth-order valence-electron chi connectivity index (χ4n) is 3.93. The number of benzene rings is 1. The minimum absolute atomic E-state index is 0.0324. The molecular weight excluding hydrogens is 420 g/mol. The van der Waals surface area contributed by atoms with Crippen molar-refractivity contribution in [3.63, 3.8) is 0 Å². The van der Waals surface area contributed by atoms with Gasteiger partial charge in [-0.05, 0) is 51.2 Å². The summed E-state index contributed by atoms with van der Waals surface area (Å²) < 4.78 is 7.32. The highest BCUT2D eigenvalue weighted by molar-refractivity contribution is 5.84. The van der Waals surface area contributed by atoms with Crippen LogP contribution < -0.4 is 15.4 Å². The van der Waals surface area contributed by atoms with Crippen LogP contribution in [0.2, 0.25) is 0 Å². The lowest BCUT2D eigenvalue weighted by Crippen LogP contribution is -2.34. The van der Waals surface area contributed by atoms with E-state index in [0.717, 1.165) is 35.4 Å². The van der Waals surface area contributed by atoms with E-state index in [1.165, 1.54) is 0 Å². The van der Waals surface area contributed by atoms with Crippen molar-refractivity contribution in [3.05, 3.63) is 24.0 Å². The van der Waals surface area contributed by atoms with Crippen LogP contribution >= 0.6 is 0 Å². The Bertz CT molecular complexity index is 1120. The molecule has 2 heterocycles. The summed E-state index contributed by atoms with van der Waals surface area (Å²) in [5, 5.41) is 14.9. The van der Waals surface area contributed by atoms with Crippen molar-refractivity contribution in [1.29, 1.82) is 0 Å². The molecule has 1 atom stereocenters. The maximum Gasteiger partial charge on any atom is 0.223 e. The Morgan fingerprint density at radius 2 is 1.91 bits per heavy atom. The smallest absolute Gasteiger partial charge is 0.223 e. The van der Waals surface area contributed by atoms with E-state index in [4.69, 9.17) is 9.72 Å². The second-order valence-corrected chi connectivity index (χ2v) is 8.74. The van der Waals surface area contributed by atoms with Gasteiger partial charge in [-0.2, -0.15) is 0 Å². The molecular formula is C24H34N6O3. The SMILES string of the molecule is COc1ccc2c(c1)nc(NCCCCNC(=O)[C@@H](CCC(C)=O)C(C)C)c1nnc(C)n12. The van der Waals surface area contributed by atoms with Crippen molar-refractivity contribution in [2.75, 3.05) is 25.5 Å². The maximum atomic E-state index is 12.5. The van der Waals surface area contributed by atoms with Gasteiger partial charge in [0.2, 0.25) is 11.6 Å². The van der Waals surface area contributed by atoms with Gasteiger partial charge in [0.1, 0.15) is 17.4 Å². The molecule has 2 N–H and O–H groups in total. The number of amides is 1. The zero-order chi connectivity index (χ0) is 24.0. The Labute approximate surface area is 194 Å². The van der Waals surface area contributed by atoms with Gasteiger partial charge in [0, 0.05) is 31.5 Å². The largest absolute Gasteiger partial charge is 0.497 e. The topological polar surface area (TPSA) is 111 Å². The molecule has 1 amide bonds. The van der Waals surface area contributed by atoms with Crippen molar-refractivity contribution in [2.45, 2.75) is 53.4 Å². The molecule has 0 fully saturated rings. The lowest BCUT2D eigenvalue weighted by molar-refractivity contribution is -0.126.